The van der Waals surface area contributed by atoms with Crippen LogP contribution in [0.4, 0.5) is 5.69 Å². The van der Waals surface area contributed by atoms with Gasteiger partial charge in [0.25, 0.3) is 0 Å². The molecular weight excluding hydrogens is 292 g/mol. The van der Waals surface area contributed by atoms with E-state index in [2.05, 4.69) is 10.6 Å². The summed E-state index contributed by atoms with van der Waals surface area (Å²) in [6.07, 6.45) is 3.37. The molecule has 2 rings (SSSR count). The fourth-order valence-electron chi connectivity index (χ4n) is 3.02. The highest BCUT2D eigenvalue weighted by Gasteiger charge is 2.24. The lowest BCUT2D eigenvalue weighted by Crippen LogP contribution is -2.41. The molecule has 0 saturated heterocycles. The zero-order valence-corrected chi connectivity index (χ0v) is 13.8. The van der Waals surface area contributed by atoms with E-state index in [4.69, 9.17) is 0 Å². The van der Waals surface area contributed by atoms with Crippen molar-refractivity contribution in [2.24, 2.45) is 5.92 Å². The van der Waals surface area contributed by atoms with Crippen LogP contribution in [0.3, 0.4) is 0 Å². The number of aliphatic hydroxyl groups is 1. The number of carbonyl (C=O) groups excluding carboxylic acids is 2. The third kappa shape index (κ3) is 4.79. The first-order chi connectivity index (χ1) is 11.0. The number of para-hydroxylation sites is 1. The fourth-order valence-corrected chi connectivity index (χ4v) is 3.02. The van der Waals surface area contributed by atoms with Crippen LogP contribution in [0.1, 0.15) is 51.0 Å². The van der Waals surface area contributed by atoms with Gasteiger partial charge in [0.15, 0.2) is 0 Å². The molecule has 0 aliphatic heterocycles. The summed E-state index contributed by atoms with van der Waals surface area (Å²) in [6, 6.07) is 7.48. The maximum atomic E-state index is 12.1. The first kappa shape index (κ1) is 17.5. The van der Waals surface area contributed by atoms with Crippen molar-refractivity contribution in [1.82, 2.24) is 5.32 Å². The molecule has 0 unspecified atom stereocenters. The zero-order valence-electron chi connectivity index (χ0n) is 13.8. The predicted octanol–water partition coefficient (Wildman–Crippen LogP) is 2.42. The molecule has 2 amide bonds. The van der Waals surface area contributed by atoms with E-state index >= 15 is 0 Å². The second kappa shape index (κ2) is 8.11. The Morgan fingerprint density at radius 2 is 1.87 bits per heavy atom. The lowest BCUT2D eigenvalue weighted by molar-refractivity contribution is -0.136. The molecule has 23 heavy (non-hydrogen) atoms. The van der Waals surface area contributed by atoms with E-state index in [1.165, 1.54) is 0 Å². The number of benzene rings is 1. The van der Waals surface area contributed by atoms with Crippen molar-refractivity contribution < 1.29 is 14.7 Å². The summed E-state index contributed by atoms with van der Waals surface area (Å²) in [5, 5.41) is 15.2. The van der Waals surface area contributed by atoms with Gasteiger partial charge >= 0.3 is 11.8 Å². The van der Waals surface area contributed by atoms with E-state index in [1.807, 2.05) is 32.0 Å². The van der Waals surface area contributed by atoms with Gasteiger partial charge in [0.1, 0.15) is 0 Å². The molecule has 1 aromatic carbocycles. The van der Waals surface area contributed by atoms with Gasteiger partial charge in [0.2, 0.25) is 0 Å². The highest BCUT2D eigenvalue weighted by Crippen LogP contribution is 2.24. The first-order valence-electron chi connectivity index (χ1n) is 8.35. The van der Waals surface area contributed by atoms with Crippen LogP contribution in [0.25, 0.3) is 0 Å². The minimum atomic E-state index is -0.664. The second-order valence-corrected chi connectivity index (χ2v) is 6.52. The number of hydrogen-bond donors (Lipinski definition) is 3. The summed E-state index contributed by atoms with van der Waals surface area (Å²) in [7, 11) is 0. The van der Waals surface area contributed by atoms with Crippen molar-refractivity contribution in [3.8, 4) is 0 Å². The number of rotatable bonds is 4. The molecule has 1 aromatic rings. The van der Waals surface area contributed by atoms with Gasteiger partial charge in [0.05, 0.1) is 6.10 Å². The largest absolute Gasteiger partial charge is 0.393 e. The molecule has 3 N–H and O–H groups in total. The van der Waals surface area contributed by atoms with Gasteiger partial charge in [-0.3, -0.25) is 9.59 Å². The monoisotopic (exact) mass is 318 g/mol. The molecule has 1 aliphatic carbocycles. The molecule has 0 radical (unpaired) electrons. The minimum Gasteiger partial charge on any atom is -0.393 e. The van der Waals surface area contributed by atoms with Crippen molar-refractivity contribution in [3.05, 3.63) is 29.8 Å². The van der Waals surface area contributed by atoms with Crippen molar-refractivity contribution in [3.63, 3.8) is 0 Å². The molecule has 2 atom stereocenters. The van der Waals surface area contributed by atoms with E-state index in [0.29, 0.717) is 12.2 Å². The third-order valence-corrected chi connectivity index (χ3v) is 4.43. The lowest BCUT2D eigenvalue weighted by atomic mass is 9.86. The lowest BCUT2D eigenvalue weighted by Gasteiger charge is -2.27. The normalized spacial score (nSPS) is 21.0. The van der Waals surface area contributed by atoms with Crippen LogP contribution in [-0.4, -0.2) is 29.6 Å². The second-order valence-electron chi connectivity index (χ2n) is 6.52. The molecule has 1 saturated carbocycles. The Kier molecular flexibility index (Phi) is 6.16. The molecule has 1 fully saturated rings. The Hall–Kier alpha value is -1.88. The third-order valence-electron chi connectivity index (χ3n) is 4.43. The summed E-state index contributed by atoms with van der Waals surface area (Å²) in [4.78, 5) is 24.0. The average molecular weight is 318 g/mol. The minimum absolute atomic E-state index is 0.0449. The number of nitrogens with one attached hydrogen (secondary N) is 2. The average Bonchev–Trinajstić information content (AvgIpc) is 2.54. The van der Waals surface area contributed by atoms with E-state index in [9.17, 15) is 14.7 Å². The summed E-state index contributed by atoms with van der Waals surface area (Å²) in [6.45, 7) is 4.42. The van der Waals surface area contributed by atoms with Crippen LogP contribution < -0.4 is 10.6 Å². The highest BCUT2D eigenvalue weighted by molar-refractivity contribution is 6.39. The van der Waals surface area contributed by atoms with Crippen LogP contribution in [0.15, 0.2) is 24.3 Å². The molecule has 126 valence electrons. The highest BCUT2D eigenvalue weighted by atomic mass is 16.3. The zero-order chi connectivity index (χ0) is 16.8. The molecule has 0 spiro atoms. The maximum Gasteiger partial charge on any atom is 0.313 e. The van der Waals surface area contributed by atoms with Gasteiger partial charge < -0.3 is 15.7 Å². The molecule has 1 aliphatic rings. The fraction of sp³-hybridized carbons (Fsp3) is 0.556. The van der Waals surface area contributed by atoms with Gasteiger partial charge in [-0.05, 0) is 30.4 Å². The number of hydrogen-bond acceptors (Lipinski definition) is 3. The molecule has 5 nitrogen and oxygen atoms in total. The number of carbonyl (C=O) groups is 2. The van der Waals surface area contributed by atoms with Gasteiger partial charge in [0, 0.05) is 18.2 Å². The van der Waals surface area contributed by atoms with E-state index in [-0.39, 0.29) is 17.9 Å². The number of aliphatic hydroxyl groups excluding tert-OH is 1. The summed E-state index contributed by atoms with van der Waals surface area (Å²) < 4.78 is 0. The maximum absolute atomic E-state index is 12.1. The molecule has 0 aromatic heterocycles. The molecule has 0 bridgehead atoms. The topological polar surface area (TPSA) is 78.4 Å². The Morgan fingerprint density at radius 1 is 1.17 bits per heavy atom. The van der Waals surface area contributed by atoms with Crippen LogP contribution in [-0.2, 0) is 9.59 Å². The summed E-state index contributed by atoms with van der Waals surface area (Å²) in [5.74, 6) is -1.01. The van der Waals surface area contributed by atoms with E-state index < -0.39 is 11.8 Å². The standard InChI is InChI=1S/C18H26N2O3/c1-12(2)14-8-4-5-9-15(14)20-18(23)17(22)19-11-13-7-3-6-10-16(13)21/h4-5,8-9,12-13,16,21H,3,6-7,10-11H2,1-2H3,(H,19,22)(H,20,23)/t13-,16+/m0/s1. The Labute approximate surface area is 137 Å². The van der Waals surface area contributed by atoms with Gasteiger partial charge in [-0.15, -0.1) is 0 Å². The van der Waals surface area contributed by atoms with Crippen LogP contribution in [0, 0.1) is 5.92 Å². The van der Waals surface area contributed by atoms with E-state index in [1.54, 1.807) is 6.07 Å². The SMILES string of the molecule is CC(C)c1ccccc1NC(=O)C(=O)NC[C@@H]1CCCC[C@H]1O. The predicted molar refractivity (Wildman–Crippen MR) is 90.1 cm³/mol. The molecule has 0 heterocycles. The van der Waals surface area contributed by atoms with Crippen molar-refractivity contribution in [2.75, 3.05) is 11.9 Å². The van der Waals surface area contributed by atoms with Crippen molar-refractivity contribution >= 4 is 17.5 Å². The van der Waals surface area contributed by atoms with Crippen LogP contribution >= 0.6 is 0 Å². The molecule has 5 heteroatoms. The summed E-state index contributed by atoms with van der Waals surface area (Å²) in [5.41, 5.74) is 1.66. The van der Waals surface area contributed by atoms with Crippen molar-refractivity contribution in [2.45, 2.75) is 51.6 Å². The first-order valence-corrected chi connectivity index (χ1v) is 8.35. The van der Waals surface area contributed by atoms with E-state index in [0.717, 1.165) is 31.2 Å². The summed E-state index contributed by atoms with van der Waals surface area (Å²) >= 11 is 0. The molecular formula is C18H26N2O3. The van der Waals surface area contributed by atoms with Crippen molar-refractivity contribution in [1.29, 1.82) is 0 Å². The Balaban J connectivity index is 1.89. The van der Waals surface area contributed by atoms with Gasteiger partial charge in [-0.25, -0.2) is 0 Å². The Bertz CT molecular complexity index is 557. The number of amides is 2. The number of anilines is 1. The smallest absolute Gasteiger partial charge is 0.313 e. The van der Waals surface area contributed by atoms with Crippen LogP contribution in [0.5, 0.6) is 0 Å². The van der Waals surface area contributed by atoms with Gasteiger partial charge in [-0.1, -0.05) is 44.9 Å². The Morgan fingerprint density at radius 3 is 2.57 bits per heavy atom. The van der Waals surface area contributed by atoms with Crippen LogP contribution in [0.2, 0.25) is 0 Å². The quantitative estimate of drug-likeness (QED) is 0.746. The van der Waals surface area contributed by atoms with Gasteiger partial charge in [-0.2, -0.15) is 0 Å².